The zero-order valence-corrected chi connectivity index (χ0v) is 19.4. The lowest BCUT2D eigenvalue weighted by Gasteiger charge is -2.38. The first kappa shape index (κ1) is 23.8. The van der Waals surface area contributed by atoms with Crippen LogP contribution in [0.5, 0.6) is 17.2 Å². The number of ketones is 2. The molecule has 2 aliphatic carbocycles. The maximum Gasteiger partial charge on any atom is 0.202 e. The summed E-state index contributed by atoms with van der Waals surface area (Å²) in [7, 11) is 7.37. The molecule has 2 aromatic carbocycles. The Balaban J connectivity index is 1.72. The number of ether oxygens (including phenoxy) is 3. The molecule has 2 aromatic rings. The van der Waals surface area contributed by atoms with Crippen LogP contribution in [0, 0.1) is 0 Å². The SMILES string of the molecule is [B]C1(O)CCc2c(c(O)c3c(c2OC2CC(N)C(O)C(C)O2)C(=O)c2c(OC)cccc2C3=O)C1. The molecule has 35 heavy (non-hydrogen) atoms. The van der Waals surface area contributed by atoms with Gasteiger partial charge in [-0.1, -0.05) is 12.1 Å². The maximum atomic E-state index is 13.8. The fraction of sp³-hybridized carbons (Fsp3) is 0.440. The highest BCUT2D eigenvalue weighted by atomic mass is 16.7. The van der Waals surface area contributed by atoms with E-state index in [1.54, 1.807) is 19.1 Å². The predicted octanol–water partition coefficient (Wildman–Crippen LogP) is 0.724. The van der Waals surface area contributed by atoms with Crippen molar-refractivity contribution in [2.24, 2.45) is 5.73 Å². The molecule has 5 N–H and O–H groups in total. The molecule has 1 heterocycles. The zero-order valence-electron chi connectivity index (χ0n) is 19.4. The Bertz CT molecular complexity index is 1230. The van der Waals surface area contributed by atoms with Gasteiger partial charge in [-0.05, 0) is 32.3 Å². The van der Waals surface area contributed by atoms with Crippen LogP contribution in [-0.2, 0) is 17.6 Å². The summed E-state index contributed by atoms with van der Waals surface area (Å²) in [5.41, 5.74) is 5.04. The molecule has 1 saturated heterocycles. The largest absolute Gasteiger partial charge is 0.507 e. The van der Waals surface area contributed by atoms with Crippen molar-refractivity contribution in [2.75, 3.05) is 7.11 Å². The Morgan fingerprint density at radius 3 is 2.60 bits per heavy atom. The van der Waals surface area contributed by atoms with Crippen molar-refractivity contribution in [3.05, 3.63) is 51.6 Å². The van der Waals surface area contributed by atoms with Gasteiger partial charge >= 0.3 is 0 Å². The van der Waals surface area contributed by atoms with Crippen molar-refractivity contribution in [1.29, 1.82) is 0 Å². The van der Waals surface area contributed by atoms with Crippen LogP contribution in [0.15, 0.2) is 18.2 Å². The predicted molar refractivity (Wildman–Crippen MR) is 124 cm³/mol. The van der Waals surface area contributed by atoms with Crippen LogP contribution in [0.2, 0.25) is 0 Å². The number of phenols is 1. The third-order valence-electron chi connectivity index (χ3n) is 7.10. The molecule has 1 fully saturated rings. The lowest BCUT2D eigenvalue weighted by Crippen LogP contribution is -2.52. The van der Waals surface area contributed by atoms with Crippen molar-refractivity contribution < 1.29 is 39.1 Å². The van der Waals surface area contributed by atoms with E-state index in [4.69, 9.17) is 27.8 Å². The Morgan fingerprint density at radius 2 is 1.91 bits per heavy atom. The summed E-state index contributed by atoms with van der Waals surface area (Å²) in [5.74, 6) is -1.21. The summed E-state index contributed by atoms with van der Waals surface area (Å²) in [6.45, 7) is 1.66. The van der Waals surface area contributed by atoms with E-state index in [2.05, 4.69) is 0 Å². The third-order valence-corrected chi connectivity index (χ3v) is 7.10. The van der Waals surface area contributed by atoms with Gasteiger partial charge in [-0.3, -0.25) is 9.59 Å². The standard InChI is InChI=1S/C25H26BNO8/c1-10-20(28)14(27)8-16(34-10)35-24-11-6-7-25(26,32)9-13(11)22(30)18-19(24)23(31)17-12(21(18)29)4-3-5-15(17)33-2/h3-5,10,14,16,20,28,30,32H,6-9,27H2,1-2H3. The first-order chi connectivity index (χ1) is 16.5. The minimum atomic E-state index is -1.60. The summed E-state index contributed by atoms with van der Waals surface area (Å²) < 4.78 is 17.4. The number of benzene rings is 2. The molecule has 5 atom stereocenters. The van der Waals surface area contributed by atoms with Crippen LogP contribution in [0.1, 0.15) is 62.7 Å². The van der Waals surface area contributed by atoms with Gasteiger partial charge in [0, 0.05) is 34.7 Å². The molecule has 5 unspecified atom stereocenters. The van der Waals surface area contributed by atoms with Crippen molar-refractivity contribution >= 4 is 19.4 Å². The summed E-state index contributed by atoms with van der Waals surface area (Å²) in [4.78, 5) is 27.4. The monoisotopic (exact) mass is 479 g/mol. The number of carbonyl (C=O) groups is 2. The molecule has 5 rings (SSSR count). The van der Waals surface area contributed by atoms with Gasteiger partial charge in [-0.25, -0.2) is 0 Å². The van der Waals surface area contributed by atoms with Crippen molar-refractivity contribution in [3.8, 4) is 17.2 Å². The smallest absolute Gasteiger partial charge is 0.202 e. The second-order valence-electron chi connectivity index (χ2n) is 9.49. The number of aliphatic hydroxyl groups excluding tert-OH is 1. The number of hydrogen-bond acceptors (Lipinski definition) is 9. The van der Waals surface area contributed by atoms with Crippen molar-refractivity contribution in [3.63, 3.8) is 0 Å². The van der Waals surface area contributed by atoms with Crippen LogP contribution in [0.3, 0.4) is 0 Å². The molecule has 0 saturated carbocycles. The number of fused-ring (bicyclic) bond motifs is 3. The number of aliphatic hydroxyl groups is 2. The Morgan fingerprint density at radius 1 is 1.17 bits per heavy atom. The maximum absolute atomic E-state index is 13.8. The minimum Gasteiger partial charge on any atom is -0.507 e. The zero-order chi connectivity index (χ0) is 25.2. The van der Waals surface area contributed by atoms with Crippen LogP contribution in [0.25, 0.3) is 0 Å². The molecular weight excluding hydrogens is 453 g/mol. The van der Waals surface area contributed by atoms with Crippen molar-refractivity contribution in [2.45, 2.75) is 62.6 Å². The number of hydrogen-bond donors (Lipinski definition) is 4. The van der Waals surface area contributed by atoms with Gasteiger partial charge in [0.2, 0.25) is 12.1 Å². The lowest BCUT2D eigenvalue weighted by molar-refractivity contribution is -0.186. The summed E-state index contributed by atoms with van der Waals surface area (Å²) in [6, 6.07) is 4.03. The van der Waals surface area contributed by atoms with Gasteiger partial charge in [-0.2, -0.15) is 0 Å². The summed E-state index contributed by atoms with van der Waals surface area (Å²) >= 11 is 0. The Kier molecular flexibility index (Phi) is 5.67. The average Bonchev–Trinajstić information content (AvgIpc) is 2.81. The van der Waals surface area contributed by atoms with E-state index in [-0.39, 0.29) is 65.0 Å². The minimum absolute atomic E-state index is 0.0768. The van der Waals surface area contributed by atoms with Crippen molar-refractivity contribution in [1.82, 2.24) is 0 Å². The highest BCUT2D eigenvalue weighted by Crippen LogP contribution is 2.48. The first-order valence-electron chi connectivity index (χ1n) is 11.5. The average molecular weight is 479 g/mol. The van der Waals surface area contributed by atoms with Gasteiger partial charge in [0.1, 0.15) is 25.1 Å². The fourth-order valence-corrected chi connectivity index (χ4v) is 5.25. The number of methoxy groups -OCH3 is 1. The van der Waals surface area contributed by atoms with E-state index in [1.807, 2.05) is 0 Å². The van der Waals surface area contributed by atoms with E-state index in [0.29, 0.717) is 5.56 Å². The van der Waals surface area contributed by atoms with Gasteiger partial charge in [-0.15, -0.1) is 0 Å². The Hall–Kier alpha value is -2.92. The second kappa shape index (κ2) is 8.34. The van der Waals surface area contributed by atoms with Crippen LogP contribution in [-0.4, -0.2) is 71.9 Å². The molecule has 9 nitrogen and oxygen atoms in total. The molecule has 0 aromatic heterocycles. The number of nitrogens with two attached hydrogens (primary N) is 1. The number of aromatic hydroxyl groups is 1. The lowest BCUT2D eigenvalue weighted by atomic mass is 9.67. The molecule has 10 heteroatoms. The van der Waals surface area contributed by atoms with Gasteiger partial charge in [0.25, 0.3) is 0 Å². The third kappa shape index (κ3) is 3.72. The molecule has 1 aliphatic heterocycles. The van der Waals surface area contributed by atoms with Crippen LogP contribution >= 0.6 is 0 Å². The van der Waals surface area contributed by atoms with E-state index < -0.39 is 47.4 Å². The van der Waals surface area contributed by atoms with Gasteiger partial charge in [0.05, 0.1) is 36.0 Å². The number of rotatable bonds is 3. The number of carbonyl (C=O) groups excluding carboxylic acids is 2. The van der Waals surface area contributed by atoms with Gasteiger partial charge in [0.15, 0.2) is 5.78 Å². The molecular formula is C25H26BNO8. The summed E-state index contributed by atoms with van der Waals surface area (Å²) in [6.07, 6.45) is -2.08. The summed E-state index contributed by atoms with van der Waals surface area (Å²) in [5, 5.41) is 31.8. The number of phenolic OH excluding ortho intramolecular Hbond substituents is 1. The highest BCUT2D eigenvalue weighted by Gasteiger charge is 2.43. The molecule has 0 spiro atoms. The fourth-order valence-electron chi connectivity index (χ4n) is 5.25. The first-order valence-corrected chi connectivity index (χ1v) is 11.5. The molecule has 2 radical (unpaired) electrons. The molecule has 182 valence electrons. The van der Waals surface area contributed by atoms with E-state index in [9.17, 15) is 24.9 Å². The Labute approximate surface area is 203 Å². The van der Waals surface area contributed by atoms with E-state index in [0.717, 1.165) is 0 Å². The molecule has 0 bridgehead atoms. The molecule has 3 aliphatic rings. The highest BCUT2D eigenvalue weighted by molar-refractivity contribution is 6.31. The second-order valence-corrected chi connectivity index (χ2v) is 9.49. The van der Waals surface area contributed by atoms with E-state index >= 15 is 0 Å². The van der Waals surface area contributed by atoms with E-state index in [1.165, 1.54) is 13.2 Å². The quantitative estimate of drug-likeness (QED) is 0.399. The topological polar surface area (TPSA) is 149 Å². The van der Waals surface area contributed by atoms with Crippen LogP contribution < -0.4 is 15.2 Å². The normalized spacial score (nSPS) is 29.7. The molecule has 0 amide bonds. The van der Waals surface area contributed by atoms with Gasteiger partial charge < -0.3 is 35.3 Å². The van der Waals surface area contributed by atoms with Crippen LogP contribution in [0.4, 0.5) is 0 Å².